The lowest BCUT2D eigenvalue weighted by Crippen LogP contribution is -2.27. The molecule has 1 amide bonds. The van der Waals surface area contributed by atoms with Crippen LogP contribution in [-0.2, 0) is 11.2 Å². The summed E-state index contributed by atoms with van der Waals surface area (Å²) in [6, 6.07) is 13.9. The summed E-state index contributed by atoms with van der Waals surface area (Å²) < 4.78 is 0.988. The first-order valence-corrected chi connectivity index (χ1v) is 7.78. The third-order valence-corrected chi connectivity index (χ3v) is 3.90. The van der Waals surface area contributed by atoms with Gasteiger partial charge < -0.3 is 10.4 Å². The average molecular weight is 337 g/mol. The maximum atomic E-state index is 12.1. The lowest BCUT2D eigenvalue weighted by molar-refractivity contribution is -0.903. The van der Waals surface area contributed by atoms with Gasteiger partial charge in [0.25, 0.3) is 0 Å². The van der Waals surface area contributed by atoms with Crippen LogP contribution in [0, 0.1) is 0 Å². The first-order valence-electron chi connectivity index (χ1n) is 7.78. The number of carbonyl (C=O) groups is 2. The number of hydrogen-bond acceptors (Lipinski definition) is 3. The predicted octanol–water partition coefficient (Wildman–Crippen LogP) is 2.63. The van der Waals surface area contributed by atoms with Gasteiger partial charge in [-0.15, -0.1) is 0 Å². The van der Waals surface area contributed by atoms with E-state index in [2.05, 4.69) is 5.32 Å². The summed E-state index contributed by atoms with van der Waals surface area (Å²) in [6.45, 7) is 0. The van der Waals surface area contributed by atoms with Crippen LogP contribution < -0.4 is 10.0 Å². The monoisotopic (exact) mass is 337 g/mol. The largest absolute Gasteiger partial charge is 0.478 e. The van der Waals surface area contributed by atoms with Crippen molar-refractivity contribution in [3.05, 3.63) is 72.1 Å². The molecule has 0 fully saturated rings. The van der Waals surface area contributed by atoms with Crippen molar-refractivity contribution < 1.29 is 24.6 Å². The highest BCUT2D eigenvalue weighted by atomic mass is 16.5. The Hall–Kier alpha value is -3.41. The average Bonchev–Trinajstić information content (AvgIpc) is 2.60. The number of aromatic nitrogens is 1. The van der Waals surface area contributed by atoms with E-state index in [0.29, 0.717) is 12.1 Å². The lowest BCUT2D eigenvalue weighted by Gasteiger charge is -2.08. The van der Waals surface area contributed by atoms with Gasteiger partial charge in [0, 0.05) is 17.2 Å². The van der Waals surface area contributed by atoms with Crippen LogP contribution in [0.4, 0.5) is 5.69 Å². The lowest BCUT2D eigenvalue weighted by atomic mass is 10.0. The summed E-state index contributed by atoms with van der Waals surface area (Å²) in [6.07, 6.45) is 3.89. The molecule has 0 aliphatic rings. The van der Waals surface area contributed by atoms with E-state index in [1.165, 1.54) is 6.07 Å². The topological polar surface area (TPSA) is 90.5 Å². The van der Waals surface area contributed by atoms with Crippen molar-refractivity contribution in [1.29, 1.82) is 0 Å². The predicted molar refractivity (Wildman–Crippen MR) is 91.7 cm³/mol. The van der Waals surface area contributed by atoms with E-state index in [9.17, 15) is 14.8 Å². The van der Waals surface area contributed by atoms with E-state index in [0.717, 1.165) is 21.1 Å². The molecule has 3 rings (SSSR count). The minimum atomic E-state index is -1.08. The molecule has 6 nitrogen and oxygen atoms in total. The van der Waals surface area contributed by atoms with Gasteiger partial charge in [0.15, 0.2) is 0 Å². The number of pyridine rings is 1. The Bertz CT molecular complexity index is 953. The van der Waals surface area contributed by atoms with E-state index in [4.69, 9.17) is 5.11 Å². The molecule has 0 unspecified atom stereocenters. The summed E-state index contributed by atoms with van der Waals surface area (Å²) in [4.78, 5) is 23.3. The molecule has 0 atom stereocenters. The summed E-state index contributed by atoms with van der Waals surface area (Å²) in [5.74, 6) is -1.33. The number of carboxylic acids is 1. The number of anilines is 1. The van der Waals surface area contributed by atoms with Gasteiger partial charge in [0.05, 0.1) is 16.6 Å². The van der Waals surface area contributed by atoms with Gasteiger partial charge in [-0.3, -0.25) is 10.0 Å². The number of hydrogen-bond donors (Lipinski definition) is 3. The number of carboxylic acid groups (broad SMARTS) is 1. The molecule has 1 heterocycles. The molecule has 0 saturated carbocycles. The molecule has 25 heavy (non-hydrogen) atoms. The zero-order chi connectivity index (χ0) is 17.8. The molecule has 126 valence electrons. The van der Waals surface area contributed by atoms with E-state index < -0.39 is 5.97 Å². The molecule has 3 aromatic rings. The van der Waals surface area contributed by atoms with Gasteiger partial charge in [0.1, 0.15) is 0 Å². The van der Waals surface area contributed by atoms with Gasteiger partial charge in [-0.2, -0.15) is 0 Å². The Morgan fingerprint density at radius 1 is 1.04 bits per heavy atom. The summed E-state index contributed by atoms with van der Waals surface area (Å²) >= 11 is 0. The van der Waals surface area contributed by atoms with E-state index >= 15 is 0 Å². The summed E-state index contributed by atoms with van der Waals surface area (Å²) in [5, 5.41) is 23.1. The molecule has 0 radical (unpaired) electrons. The van der Waals surface area contributed by atoms with Crippen molar-refractivity contribution in [1.82, 2.24) is 0 Å². The van der Waals surface area contributed by atoms with Crippen molar-refractivity contribution >= 4 is 28.3 Å². The minimum absolute atomic E-state index is 0.0639. The number of nitrogens with one attached hydrogen (secondary N) is 1. The van der Waals surface area contributed by atoms with Gasteiger partial charge >= 0.3 is 5.97 Å². The number of rotatable bonds is 5. The standard InChI is InChI=1S/C19H16N2O4/c22-18(20-17-4-2-1-3-16(17)19(23)24)8-6-13-5-7-14-9-10-21(25)12-15(14)11-13/h1-5,7,9-12H,6,8H2,(H2-,20,22,23,24,25)/p+1. The van der Waals surface area contributed by atoms with Crippen LogP contribution in [-0.4, -0.2) is 22.2 Å². The molecular formula is C19H17N2O4+. The number of para-hydroxylation sites is 1. The molecule has 0 bridgehead atoms. The molecule has 3 N–H and O–H groups in total. The first-order chi connectivity index (χ1) is 12.0. The number of amides is 1. The van der Waals surface area contributed by atoms with Crippen LogP contribution in [0.1, 0.15) is 22.3 Å². The molecule has 0 saturated heterocycles. The third-order valence-electron chi connectivity index (χ3n) is 3.90. The van der Waals surface area contributed by atoms with Crippen molar-refractivity contribution in [2.45, 2.75) is 12.8 Å². The van der Waals surface area contributed by atoms with Gasteiger partial charge in [-0.05, 0) is 35.6 Å². The number of fused-ring (bicyclic) bond motifs is 1. The van der Waals surface area contributed by atoms with E-state index in [-0.39, 0.29) is 17.9 Å². The Balaban J connectivity index is 1.67. The first kappa shape index (κ1) is 16.4. The molecule has 1 aromatic heterocycles. The van der Waals surface area contributed by atoms with Crippen LogP contribution >= 0.6 is 0 Å². The van der Waals surface area contributed by atoms with Crippen molar-refractivity contribution in [3.8, 4) is 0 Å². The van der Waals surface area contributed by atoms with Crippen LogP contribution in [0.25, 0.3) is 10.8 Å². The smallest absolute Gasteiger partial charge is 0.337 e. The molecule has 0 aliphatic heterocycles. The SMILES string of the molecule is O=C(CCc1ccc2cc[n+](O)cc2c1)Nc1ccccc1C(=O)O. The van der Waals surface area contributed by atoms with Crippen molar-refractivity contribution in [2.24, 2.45) is 0 Å². The highest BCUT2D eigenvalue weighted by Gasteiger charge is 2.12. The number of carbonyl (C=O) groups excluding carboxylic acids is 1. The van der Waals surface area contributed by atoms with Crippen LogP contribution in [0.15, 0.2) is 60.9 Å². The fraction of sp³-hybridized carbons (Fsp3) is 0.105. The van der Waals surface area contributed by atoms with Crippen molar-refractivity contribution in [3.63, 3.8) is 0 Å². The number of nitrogens with zero attached hydrogens (tertiary/aromatic N) is 1. The molecule has 2 aromatic carbocycles. The normalized spacial score (nSPS) is 10.6. The Labute approximate surface area is 143 Å². The van der Waals surface area contributed by atoms with Gasteiger partial charge in [-0.25, -0.2) is 4.79 Å². The zero-order valence-corrected chi connectivity index (χ0v) is 13.3. The minimum Gasteiger partial charge on any atom is -0.478 e. The van der Waals surface area contributed by atoms with Gasteiger partial charge in [0.2, 0.25) is 18.3 Å². The summed E-state index contributed by atoms with van der Waals surface area (Å²) in [7, 11) is 0. The number of aromatic carboxylic acids is 1. The molecule has 0 aliphatic carbocycles. The zero-order valence-electron chi connectivity index (χ0n) is 13.3. The Morgan fingerprint density at radius 3 is 2.64 bits per heavy atom. The maximum Gasteiger partial charge on any atom is 0.337 e. The molecule has 0 spiro atoms. The molecule has 6 heteroatoms. The quantitative estimate of drug-likeness (QED) is 0.493. The van der Waals surface area contributed by atoms with Crippen LogP contribution in [0.3, 0.4) is 0 Å². The van der Waals surface area contributed by atoms with E-state index in [1.807, 2.05) is 18.2 Å². The second kappa shape index (κ2) is 7.00. The number of benzene rings is 2. The number of aryl methyl sites for hydroxylation is 1. The maximum absolute atomic E-state index is 12.1. The summed E-state index contributed by atoms with van der Waals surface area (Å²) in [5.41, 5.74) is 1.31. The Kier molecular flexibility index (Phi) is 4.61. The second-order valence-corrected chi connectivity index (χ2v) is 5.69. The third kappa shape index (κ3) is 3.92. The van der Waals surface area contributed by atoms with E-state index in [1.54, 1.807) is 36.7 Å². The molecular weight excluding hydrogens is 320 g/mol. The van der Waals surface area contributed by atoms with Crippen LogP contribution in [0.5, 0.6) is 0 Å². The Morgan fingerprint density at radius 2 is 1.84 bits per heavy atom. The van der Waals surface area contributed by atoms with Crippen LogP contribution in [0.2, 0.25) is 0 Å². The fourth-order valence-electron chi connectivity index (χ4n) is 2.63. The van der Waals surface area contributed by atoms with Crippen molar-refractivity contribution in [2.75, 3.05) is 5.32 Å². The van der Waals surface area contributed by atoms with Gasteiger partial charge in [-0.1, -0.05) is 24.3 Å². The second-order valence-electron chi connectivity index (χ2n) is 5.69. The fourth-order valence-corrected chi connectivity index (χ4v) is 2.63. The highest BCUT2D eigenvalue weighted by Crippen LogP contribution is 2.17. The highest BCUT2D eigenvalue weighted by molar-refractivity contribution is 6.00.